The van der Waals surface area contributed by atoms with Gasteiger partial charge in [-0.1, -0.05) is 84.8 Å². The molecule has 10 rings (SSSR count). The highest BCUT2D eigenvalue weighted by Crippen LogP contribution is 2.39. The van der Waals surface area contributed by atoms with Crippen LogP contribution in [0.15, 0.2) is 160 Å². The molecule has 0 saturated carbocycles. The summed E-state index contributed by atoms with van der Waals surface area (Å²) in [5.74, 6) is 0. The molecule has 0 fully saturated rings. The van der Waals surface area contributed by atoms with Gasteiger partial charge in [0.1, 0.15) is 22.3 Å². The van der Waals surface area contributed by atoms with Crippen LogP contribution in [0.2, 0.25) is 0 Å². The van der Waals surface area contributed by atoms with Gasteiger partial charge in [-0.25, -0.2) is 0 Å². The summed E-state index contributed by atoms with van der Waals surface area (Å²) in [6, 6.07) is 30.0. The molecule has 0 N–H and O–H groups in total. The Hall–Kier alpha value is -6.06. The van der Waals surface area contributed by atoms with Gasteiger partial charge in [0, 0.05) is 38.0 Å². The summed E-state index contributed by atoms with van der Waals surface area (Å²) >= 11 is 0. The first-order chi connectivity index (χ1) is 25.6. The fourth-order valence-electron chi connectivity index (χ4n) is 6.56. The zero-order valence-corrected chi connectivity index (χ0v) is 23.6. The fraction of sp³-hybridized carbons (Fsp3) is 0. The van der Waals surface area contributed by atoms with Crippen LogP contribution in [0.3, 0.4) is 0 Å². The summed E-state index contributed by atoms with van der Waals surface area (Å²) in [5.41, 5.74) is 6.85. The third-order valence-corrected chi connectivity index (χ3v) is 8.63. The molecule has 0 spiro atoms. The molecule has 3 heteroatoms. The predicted octanol–water partition coefficient (Wildman–Crippen LogP) is 11.9. The summed E-state index contributed by atoms with van der Waals surface area (Å²) < 4.78 is 83.9. The van der Waals surface area contributed by atoms with Gasteiger partial charge in [-0.15, -0.1) is 0 Å². The Morgan fingerprint density at radius 3 is 1.40 bits per heavy atom. The van der Waals surface area contributed by atoms with Gasteiger partial charge >= 0.3 is 0 Å². The van der Waals surface area contributed by atoms with E-state index in [-0.39, 0.29) is 46.0 Å². The van der Waals surface area contributed by atoms with Gasteiger partial charge in [0.15, 0.2) is 0 Å². The molecular formula is C42H25NO2. The van der Waals surface area contributed by atoms with Crippen LogP contribution in [0.4, 0.5) is 0 Å². The first kappa shape index (κ1) is 17.9. The van der Waals surface area contributed by atoms with Crippen LogP contribution in [-0.2, 0) is 0 Å². The number of rotatable bonds is 3. The molecule has 0 aliphatic carbocycles. The maximum atomic E-state index is 9.08. The standard InChI is InChI=1S/C42H25NO2/c1-5-13-37-31(9-1)32-10-2-6-14-38(32)43(37)30-22-28(26-17-19-41-35(24-26)33-11-3-7-15-39(33)44-41)21-29(23-30)27-18-20-42-36(25-27)34-12-4-8-16-40(34)45-42/h1-25H/i1D,2D,5D,6D,9D,10D,13D,14D. The molecule has 0 bridgehead atoms. The van der Waals surface area contributed by atoms with Crippen molar-refractivity contribution >= 4 is 65.7 Å². The van der Waals surface area contributed by atoms with E-state index in [9.17, 15) is 0 Å². The van der Waals surface area contributed by atoms with Crippen molar-refractivity contribution < 1.29 is 19.8 Å². The van der Waals surface area contributed by atoms with Crippen LogP contribution < -0.4 is 0 Å². The molecule has 210 valence electrons. The van der Waals surface area contributed by atoms with E-state index in [1.54, 1.807) is 4.57 Å². The Balaban J connectivity index is 1.34. The number of hydrogen-bond donors (Lipinski definition) is 0. The number of furan rings is 2. The molecule has 0 aliphatic heterocycles. The number of fused-ring (bicyclic) bond motifs is 9. The molecular weight excluding hydrogens is 550 g/mol. The zero-order chi connectivity index (χ0) is 36.4. The lowest BCUT2D eigenvalue weighted by Gasteiger charge is -2.14. The van der Waals surface area contributed by atoms with Crippen molar-refractivity contribution in [1.82, 2.24) is 4.57 Å². The Morgan fingerprint density at radius 2 is 0.867 bits per heavy atom. The molecule has 3 aromatic heterocycles. The number of benzene rings is 7. The van der Waals surface area contributed by atoms with Gasteiger partial charge in [0.2, 0.25) is 0 Å². The molecule has 0 atom stereocenters. The van der Waals surface area contributed by atoms with Gasteiger partial charge in [-0.05, 0) is 88.9 Å². The average Bonchev–Trinajstić information content (AvgIpc) is 3.87. The van der Waals surface area contributed by atoms with Gasteiger partial charge in [-0.3, -0.25) is 0 Å². The molecule has 0 saturated heterocycles. The molecule has 3 heterocycles. The number of hydrogen-bond acceptors (Lipinski definition) is 2. The molecule has 7 aromatic carbocycles. The maximum absolute atomic E-state index is 9.08. The van der Waals surface area contributed by atoms with E-state index in [2.05, 4.69) is 18.2 Å². The molecule has 0 amide bonds. The third kappa shape index (κ3) is 3.65. The van der Waals surface area contributed by atoms with Crippen LogP contribution >= 0.6 is 0 Å². The Kier molecular flexibility index (Phi) is 3.67. The highest BCUT2D eigenvalue weighted by molar-refractivity contribution is 6.10. The van der Waals surface area contributed by atoms with E-state index in [0.29, 0.717) is 5.69 Å². The van der Waals surface area contributed by atoms with Crippen molar-refractivity contribution in [3.63, 3.8) is 0 Å². The van der Waals surface area contributed by atoms with Gasteiger partial charge in [-0.2, -0.15) is 0 Å². The van der Waals surface area contributed by atoms with E-state index in [4.69, 9.17) is 19.8 Å². The molecule has 0 aliphatic rings. The highest BCUT2D eigenvalue weighted by atomic mass is 16.3. The van der Waals surface area contributed by atoms with Gasteiger partial charge in [0.05, 0.1) is 22.0 Å². The Morgan fingerprint density at radius 1 is 0.400 bits per heavy atom. The molecule has 3 nitrogen and oxygen atoms in total. The van der Waals surface area contributed by atoms with E-state index in [1.807, 2.05) is 84.9 Å². The Bertz CT molecular complexity index is 3020. The minimum atomic E-state index is -0.482. The van der Waals surface area contributed by atoms with Crippen molar-refractivity contribution in [1.29, 1.82) is 0 Å². The number of aromatic nitrogens is 1. The lowest BCUT2D eigenvalue weighted by Crippen LogP contribution is -1.96. The van der Waals surface area contributed by atoms with E-state index >= 15 is 0 Å². The lowest BCUT2D eigenvalue weighted by atomic mass is 9.96. The largest absolute Gasteiger partial charge is 0.456 e. The van der Waals surface area contributed by atoms with Crippen LogP contribution in [0.25, 0.3) is 93.6 Å². The second kappa shape index (κ2) is 9.22. The van der Waals surface area contributed by atoms with Crippen LogP contribution in [0.1, 0.15) is 11.0 Å². The summed E-state index contributed by atoms with van der Waals surface area (Å²) in [4.78, 5) is 0. The second-order valence-corrected chi connectivity index (χ2v) is 11.2. The van der Waals surface area contributed by atoms with E-state index < -0.39 is 24.2 Å². The first-order valence-corrected chi connectivity index (χ1v) is 14.6. The summed E-state index contributed by atoms with van der Waals surface area (Å²) in [7, 11) is 0. The predicted molar refractivity (Wildman–Crippen MR) is 186 cm³/mol. The van der Waals surface area contributed by atoms with Crippen molar-refractivity contribution in [3.05, 3.63) is 151 Å². The summed E-state index contributed by atoms with van der Waals surface area (Å²) in [6.45, 7) is 0. The number of nitrogens with zero attached hydrogens (tertiary/aromatic N) is 1. The third-order valence-electron chi connectivity index (χ3n) is 8.63. The van der Waals surface area contributed by atoms with Crippen molar-refractivity contribution in [2.75, 3.05) is 0 Å². The number of para-hydroxylation sites is 4. The fourth-order valence-corrected chi connectivity index (χ4v) is 6.56. The smallest absolute Gasteiger partial charge is 0.135 e. The monoisotopic (exact) mass is 583 g/mol. The van der Waals surface area contributed by atoms with Crippen LogP contribution in [0, 0.1) is 0 Å². The minimum Gasteiger partial charge on any atom is -0.456 e. The summed E-state index contributed by atoms with van der Waals surface area (Å²) in [6.07, 6.45) is 0. The van der Waals surface area contributed by atoms with Crippen LogP contribution in [-0.4, -0.2) is 4.57 Å². The topological polar surface area (TPSA) is 31.2 Å². The SMILES string of the molecule is [2H]c1c([2H])c([2H])c2c(c1[2H])c1c([2H])c([2H])c([2H])c([2H])c1n2-c1cc(-c2ccc3oc4ccccc4c3c2)cc(-c2ccc3oc4ccccc4c3c2)c1. The average molecular weight is 584 g/mol. The first-order valence-electron chi connectivity index (χ1n) is 18.6. The van der Waals surface area contributed by atoms with Gasteiger partial charge < -0.3 is 13.4 Å². The second-order valence-electron chi connectivity index (χ2n) is 11.2. The summed E-state index contributed by atoms with van der Waals surface area (Å²) in [5, 5.41) is 3.85. The lowest BCUT2D eigenvalue weighted by molar-refractivity contribution is 0.668. The van der Waals surface area contributed by atoms with Crippen molar-refractivity contribution in [2.45, 2.75) is 0 Å². The molecule has 45 heavy (non-hydrogen) atoms. The quantitative estimate of drug-likeness (QED) is 0.207. The van der Waals surface area contributed by atoms with Crippen molar-refractivity contribution in [2.24, 2.45) is 0 Å². The molecule has 0 unspecified atom stereocenters. The van der Waals surface area contributed by atoms with E-state index in [1.165, 1.54) is 0 Å². The minimum absolute atomic E-state index is 0.0301. The molecule has 0 radical (unpaired) electrons. The normalized spacial score (nSPS) is 14.5. The Labute approximate surface area is 269 Å². The van der Waals surface area contributed by atoms with Crippen LogP contribution in [0.5, 0.6) is 0 Å². The van der Waals surface area contributed by atoms with Crippen molar-refractivity contribution in [3.8, 4) is 27.9 Å². The van der Waals surface area contributed by atoms with E-state index in [0.717, 1.165) is 66.1 Å². The maximum Gasteiger partial charge on any atom is 0.135 e. The zero-order valence-electron chi connectivity index (χ0n) is 31.6. The highest BCUT2D eigenvalue weighted by Gasteiger charge is 2.16. The van der Waals surface area contributed by atoms with Gasteiger partial charge in [0.25, 0.3) is 0 Å². The molecule has 10 aromatic rings.